The van der Waals surface area contributed by atoms with Gasteiger partial charge in [0.2, 0.25) is 5.91 Å². The predicted molar refractivity (Wildman–Crippen MR) is 88.2 cm³/mol. The molecule has 1 aromatic heterocycles. The highest BCUT2D eigenvalue weighted by molar-refractivity contribution is 5.86. The van der Waals surface area contributed by atoms with Crippen molar-refractivity contribution in [1.29, 1.82) is 0 Å². The number of nitrogens with zero attached hydrogens (tertiary/aromatic N) is 1. The lowest BCUT2D eigenvalue weighted by molar-refractivity contribution is -0.144. The van der Waals surface area contributed by atoms with Crippen LogP contribution >= 0.6 is 0 Å². The molecular formula is C17H26N2O4. The van der Waals surface area contributed by atoms with E-state index in [1.807, 2.05) is 20.8 Å². The summed E-state index contributed by atoms with van der Waals surface area (Å²) in [6.07, 6.45) is 2.06. The Hall–Kier alpha value is -2.11. The summed E-state index contributed by atoms with van der Waals surface area (Å²) < 4.78 is 1.48. The molecule has 1 rings (SSSR count). The molecule has 0 aliphatic heterocycles. The van der Waals surface area contributed by atoms with Crippen molar-refractivity contribution in [2.24, 2.45) is 11.3 Å². The smallest absolute Gasteiger partial charge is 0.326 e. The number of carbonyl (C=O) groups excluding carboxylic acids is 1. The number of amides is 1. The fourth-order valence-corrected chi connectivity index (χ4v) is 2.32. The maximum Gasteiger partial charge on any atom is 0.326 e. The summed E-state index contributed by atoms with van der Waals surface area (Å²) in [6.45, 7) is 9.26. The highest BCUT2D eigenvalue weighted by Gasteiger charge is 2.32. The second-order valence-corrected chi connectivity index (χ2v) is 7.05. The third kappa shape index (κ3) is 5.54. The monoisotopic (exact) mass is 322 g/mol. The van der Waals surface area contributed by atoms with E-state index in [-0.39, 0.29) is 23.9 Å². The fraction of sp³-hybridized carbons (Fsp3) is 0.588. The molecule has 1 aromatic rings. The third-order valence-corrected chi connectivity index (χ3v) is 3.62. The topological polar surface area (TPSA) is 88.4 Å². The van der Waals surface area contributed by atoms with Gasteiger partial charge >= 0.3 is 5.97 Å². The molecule has 0 spiro atoms. The van der Waals surface area contributed by atoms with Crippen LogP contribution in [0.1, 0.15) is 39.7 Å². The van der Waals surface area contributed by atoms with Crippen molar-refractivity contribution >= 4 is 11.9 Å². The largest absolute Gasteiger partial charge is 0.480 e. The van der Waals surface area contributed by atoms with Crippen LogP contribution in [-0.2, 0) is 16.1 Å². The second kappa shape index (κ2) is 7.44. The zero-order valence-corrected chi connectivity index (χ0v) is 14.4. The third-order valence-electron chi connectivity index (χ3n) is 3.62. The van der Waals surface area contributed by atoms with Gasteiger partial charge in [-0.15, -0.1) is 0 Å². The van der Waals surface area contributed by atoms with Crippen LogP contribution in [0.25, 0.3) is 0 Å². The summed E-state index contributed by atoms with van der Waals surface area (Å²) in [5, 5.41) is 11.8. The first-order valence-electron chi connectivity index (χ1n) is 7.74. The van der Waals surface area contributed by atoms with Crippen molar-refractivity contribution in [3.05, 3.63) is 34.2 Å². The van der Waals surface area contributed by atoms with E-state index < -0.39 is 17.4 Å². The highest BCUT2D eigenvalue weighted by Crippen LogP contribution is 2.19. The number of rotatable bonds is 7. The normalized spacial score (nSPS) is 13.0. The number of carboxylic acids is 1. The lowest BCUT2D eigenvalue weighted by Crippen LogP contribution is -2.49. The van der Waals surface area contributed by atoms with Crippen LogP contribution in [0.3, 0.4) is 0 Å². The maximum atomic E-state index is 12.5. The number of carbonyl (C=O) groups is 2. The van der Waals surface area contributed by atoms with Crippen LogP contribution in [0.5, 0.6) is 0 Å². The van der Waals surface area contributed by atoms with Crippen LogP contribution in [0.2, 0.25) is 0 Å². The number of aromatic nitrogens is 1. The van der Waals surface area contributed by atoms with Gasteiger partial charge in [-0.1, -0.05) is 19.9 Å². The Morgan fingerprint density at radius 2 is 1.91 bits per heavy atom. The molecule has 1 unspecified atom stereocenters. The molecule has 1 heterocycles. The first kappa shape index (κ1) is 18.9. The molecule has 2 N–H and O–H groups in total. The van der Waals surface area contributed by atoms with Crippen molar-refractivity contribution in [2.45, 2.75) is 53.6 Å². The first-order chi connectivity index (χ1) is 10.5. The van der Waals surface area contributed by atoms with E-state index in [1.54, 1.807) is 26.1 Å². The van der Waals surface area contributed by atoms with Crippen molar-refractivity contribution in [3.63, 3.8) is 0 Å². The maximum absolute atomic E-state index is 12.5. The molecule has 6 nitrogen and oxygen atoms in total. The number of hydrogen-bond acceptors (Lipinski definition) is 3. The van der Waals surface area contributed by atoms with Gasteiger partial charge in [-0.2, -0.15) is 0 Å². The van der Waals surface area contributed by atoms with E-state index in [0.29, 0.717) is 6.42 Å². The van der Waals surface area contributed by atoms with Gasteiger partial charge in [0.25, 0.3) is 5.56 Å². The van der Waals surface area contributed by atoms with Crippen LogP contribution in [0, 0.1) is 18.3 Å². The van der Waals surface area contributed by atoms with E-state index in [0.717, 1.165) is 5.56 Å². The van der Waals surface area contributed by atoms with Gasteiger partial charge in [0.05, 0.1) is 5.41 Å². The van der Waals surface area contributed by atoms with Gasteiger partial charge in [-0.3, -0.25) is 9.59 Å². The van der Waals surface area contributed by atoms with Crippen molar-refractivity contribution in [2.75, 3.05) is 0 Å². The molecule has 128 valence electrons. The van der Waals surface area contributed by atoms with Crippen molar-refractivity contribution in [1.82, 2.24) is 9.88 Å². The minimum atomic E-state index is -1.05. The molecule has 0 bridgehead atoms. The van der Waals surface area contributed by atoms with Gasteiger partial charge in [0.15, 0.2) is 0 Å². The molecule has 0 aliphatic carbocycles. The van der Waals surface area contributed by atoms with Gasteiger partial charge in [0.1, 0.15) is 6.04 Å². The van der Waals surface area contributed by atoms with E-state index >= 15 is 0 Å². The minimum absolute atomic E-state index is 0.152. The first-order valence-corrected chi connectivity index (χ1v) is 7.74. The van der Waals surface area contributed by atoms with Gasteiger partial charge in [-0.25, -0.2) is 4.79 Å². The Balaban J connectivity index is 2.89. The summed E-state index contributed by atoms with van der Waals surface area (Å²) in [5.41, 5.74) is -0.167. The number of carboxylic acid groups (broad SMARTS) is 1. The Morgan fingerprint density at radius 3 is 2.43 bits per heavy atom. The Morgan fingerprint density at radius 1 is 1.30 bits per heavy atom. The molecular weight excluding hydrogens is 296 g/mol. The van der Waals surface area contributed by atoms with E-state index in [2.05, 4.69) is 5.32 Å². The molecule has 0 saturated heterocycles. The van der Waals surface area contributed by atoms with Crippen LogP contribution in [0.15, 0.2) is 23.1 Å². The zero-order chi connectivity index (χ0) is 17.8. The molecule has 0 fully saturated rings. The summed E-state index contributed by atoms with van der Waals surface area (Å²) in [7, 11) is 0. The highest BCUT2D eigenvalue weighted by atomic mass is 16.4. The number of aryl methyl sites for hydroxylation is 1. The second-order valence-electron chi connectivity index (χ2n) is 7.05. The number of pyridine rings is 1. The number of nitrogens with one attached hydrogen (secondary N) is 1. The standard InChI is InChI=1S/C17H26N2O4/c1-11(2)8-13(15(21)22)18-16(23)17(4,5)10-19-9-12(3)6-7-14(19)20/h6-7,9,11,13H,8,10H2,1-5H3,(H,18,23)(H,21,22). The lowest BCUT2D eigenvalue weighted by atomic mass is 9.91. The molecule has 0 radical (unpaired) electrons. The number of aliphatic carboxylic acids is 1. The van der Waals surface area contributed by atoms with Gasteiger partial charge < -0.3 is 15.0 Å². The molecule has 0 aromatic carbocycles. The van der Waals surface area contributed by atoms with Gasteiger partial charge in [-0.05, 0) is 38.7 Å². The SMILES string of the molecule is Cc1ccc(=O)n(CC(C)(C)C(=O)NC(CC(C)C)C(=O)O)c1. The summed E-state index contributed by atoms with van der Waals surface area (Å²) in [5.74, 6) is -1.27. The summed E-state index contributed by atoms with van der Waals surface area (Å²) in [6, 6.07) is 2.26. The van der Waals surface area contributed by atoms with E-state index in [1.165, 1.54) is 10.6 Å². The summed E-state index contributed by atoms with van der Waals surface area (Å²) >= 11 is 0. The number of hydrogen-bond donors (Lipinski definition) is 2. The van der Waals surface area contributed by atoms with Crippen LogP contribution in [-0.4, -0.2) is 27.6 Å². The molecule has 6 heteroatoms. The van der Waals surface area contributed by atoms with Crippen molar-refractivity contribution < 1.29 is 14.7 Å². The predicted octanol–water partition coefficient (Wildman–Crippen LogP) is 1.80. The summed E-state index contributed by atoms with van der Waals surface area (Å²) in [4.78, 5) is 35.6. The Kier molecular flexibility index (Phi) is 6.12. The van der Waals surface area contributed by atoms with Crippen LogP contribution < -0.4 is 10.9 Å². The minimum Gasteiger partial charge on any atom is -0.480 e. The Bertz CT molecular complexity index is 632. The zero-order valence-electron chi connectivity index (χ0n) is 14.4. The lowest BCUT2D eigenvalue weighted by Gasteiger charge is -2.27. The Labute approximate surface area is 136 Å². The quantitative estimate of drug-likeness (QED) is 0.801. The molecule has 23 heavy (non-hydrogen) atoms. The fourth-order valence-electron chi connectivity index (χ4n) is 2.32. The molecule has 1 amide bonds. The van der Waals surface area contributed by atoms with E-state index in [9.17, 15) is 19.5 Å². The molecule has 1 atom stereocenters. The van der Waals surface area contributed by atoms with E-state index in [4.69, 9.17) is 0 Å². The van der Waals surface area contributed by atoms with Crippen molar-refractivity contribution in [3.8, 4) is 0 Å². The van der Waals surface area contributed by atoms with Gasteiger partial charge in [0, 0.05) is 18.8 Å². The average Bonchev–Trinajstić information content (AvgIpc) is 2.41. The van der Waals surface area contributed by atoms with Crippen LogP contribution in [0.4, 0.5) is 0 Å². The molecule has 0 saturated carbocycles. The average molecular weight is 322 g/mol. The molecule has 0 aliphatic rings.